The van der Waals surface area contributed by atoms with Gasteiger partial charge in [-0.3, -0.25) is 28.5 Å². The maximum Gasteiger partial charge on any atom is 0.472 e. The van der Waals surface area contributed by atoms with E-state index in [1.165, 1.54) is 0 Å². The van der Waals surface area contributed by atoms with Crippen molar-refractivity contribution in [3.63, 3.8) is 0 Å². The minimum atomic E-state index is -5.30. The largest absolute Gasteiger partial charge is 0.472 e. The summed E-state index contributed by atoms with van der Waals surface area (Å²) < 4.78 is 46.7. The van der Waals surface area contributed by atoms with Crippen LogP contribution in [0.3, 0.4) is 0 Å². The normalized spacial score (nSPS) is 25.8. The SMILES string of the molecule is CC(=O)OC[C@@H](OC(C)=O)[C@H]1O[C@H](OP(=O)(O)O)[C@@H](OC(C)=O)[C@@H](OC(C)=O)[C@@H]1OC(C)=O. The summed E-state index contributed by atoms with van der Waals surface area (Å²) in [6.07, 6.45) is -10.5. The first-order chi connectivity index (χ1) is 15.1. The Morgan fingerprint density at radius 1 is 0.788 bits per heavy atom. The highest BCUT2D eigenvalue weighted by Gasteiger charge is 2.56. The summed E-state index contributed by atoms with van der Waals surface area (Å²) in [5.74, 6) is -4.57. The summed E-state index contributed by atoms with van der Waals surface area (Å²) in [6, 6.07) is 0. The van der Waals surface area contributed by atoms with Crippen LogP contribution in [0, 0.1) is 0 Å². The van der Waals surface area contributed by atoms with Crippen molar-refractivity contribution in [2.45, 2.75) is 71.4 Å². The van der Waals surface area contributed by atoms with Crippen molar-refractivity contribution < 1.29 is 71.3 Å². The Balaban J connectivity index is 3.58. The molecule has 15 nitrogen and oxygen atoms in total. The zero-order valence-corrected chi connectivity index (χ0v) is 19.2. The highest BCUT2D eigenvalue weighted by Crippen LogP contribution is 2.42. The molecule has 1 rings (SSSR count). The Hall–Kier alpha value is -2.58. The quantitative estimate of drug-likeness (QED) is 0.224. The van der Waals surface area contributed by atoms with E-state index < -0.39 is 81.1 Å². The molecule has 188 valence electrons. The first-order valence-corrected chi connectivity index (χ1v) is 10.9. The summed E-state index contributed by atoms with van der Waals surface area (Å²) in [5, 5.41) is 0. The fourth-order valence-electron chi connectivity index (χ4n) is 2.93. The van der Waals surface area contributed by atoms with Gasteiger partial charge in [-0.05, 0) is 0 Å². The Morgan fingerprint density at radius 3 is 1.70 bits per heavy atom. The van der Waals surface area contributed by atoms with Crippen molar-refractivity contribution in [1.82, 2.24) is 0 Å². The van der Waals surface area contributed by atoms with Gasteiger partial charge in [0.15, 0.2) is 24.4 Å². The molecule has 2 N–H and O–H groups in total. The number of ether oxygens (including phenoxy) is 6. The molecule has 0 saturated carbocycles. The Labute approximate surface area is 187 Å². The average Bonchev–Trinajstić information content (AvgIpc) is 2.60. The van der Waals surface area contributed by atoms with Gasteiger partial charge < -0.3 is 38.2 Å². The van der Waals surface area contributed by atoms with Gasteiger partial charge in [0.1, 0.15) is 12.7 Å². The molecule has 1 fully saturated rings. The van der Waals surface area contributed by atoms with E-state index in [9.17, 15) is 38.3 Å². The molecule has 1 aliphatic rings. The molecule has 0 aliphatic carbocycles. The molecule has 16 heteroatoms. The highest BCUT2D eigenvalue weighted by molar-refractivity contribution is 7.46. The summed E-state index contributed by atoms with van der Waals surface area (Å²) in [7, 11) is -5.30. The van der Waals surface area contributed by atoms with Crippen molar-refractivity contribution in [1.29, 1.82) is 0 Å². The molecule has 0 unspecified atom stereocenters. The zero-order chi connectivity index (χ0) is 25.5. The number of carbonyl (C=O) groups excluding carboxylic acids is 5. The lowest BCUT2D eigenvalue weighted by atomic mass is 9.94. The van der Waals surface area contributed by atoms with E-state index in [-0.39, 0.29) is 0 Å². The Kier molecular flexibility index (Phi) is 10.4. The minimum absolute atomic E-state index is 0.648. The fourth-order valence-corrected chi connectivity index (χ4v) is 3.37. The third-order valence-corrected chi connectivity index (χ3v) is 4.30. The smallest absolute Gasteiger partial charge is 0.462 e. The maximum atomic E-state index is 11.8. The molecule has 33 heavy (non-hydrogen) atoms. The molecule has 0 aromatic carbocycles. The Morgan fingerprint density at radius 2 is 1.27 bits per heavy atom. The molecule has 1 heterocycles. The standard InChI is InChI=1S/C17H25O15P/c1-7(18)26-6-12(27-8(2)19)13-14(28-9(3)20)15(29-10(4)21)16(30-11(5)22)17(31-13)32-33(23,24)25/h12-17H,6H2,1-5H3,(H2,23,24,25)/t12-,13-,14-,15+,16+,17-/m1/s1. The zero-order valence-electron chi connectivity index (χ0n) is 18.3. The van der Waals surface area contributed by atoms with Gasteiger partial charge in [-0.25, -0.2) is 4.57 Å². The molecule has 0 spiro atoms. The van der Waals surface area contributed by atoms with E-state index >= 15 is 0 Å². The van der Waals surface area contributed by atoms with E-state index in [1.54, 1.807) is 0 Å². The van der Waals surface area contributed by atoms with Gasteiger partial charge in [0.2, 0.25) is 6.29 Å². The predicted molar refractivity (Wildman–Crippen MR) is 101 cm³/mol. The summed E-state index contributed by atoms with van der Waals surface area (Å²) in [4.78, 5) is 76.5. The summed E-state index contributed by atoms with van der Waals surface area (Å²) in [6.45, 7) is 4.28. The van der Waals surface area contributed by atoms with E-state index in [1.807, 2.05) is 0 Å². The second kappa shape index (κ2) is 12.0. The number of rotatable bonds is 9. The third-order valence-electron chi connectivity index (χ3n) is 3.81. The van der Waals surface area contributed by atoms with E-state index in [4.69, 9.17) is 28.4 Å². The van der Waals surface area contributed by atoms with Crippen molar-refractivity contribution in [3.8, 4) is 0 Å². The third kappa shape index (κ3) is 9.84. The molecule has 6 atom stereocenters. The maximum absolute atomic E-state index is 11.8. The van der Waals surface area contributed by atoms with Gasteiger partial charge in [-0.15, -0.1) is 0 Å². The monoisotopic (exact) mass is 500 g/mol. The molecule has 0 amide bonds. The molecule has 0 aromatic heterocycles. The van der Waals surface area contributed by atoms with Gasteiger partial charge >= 0.3 is 37.7 Å². The van der Waals surface area contributed by atoms with E-state index in [0.29, 0.717) is 0 Å². The lowest BCUT2D eigenvalue weighted by Crippen LogP contribution is -2.65. The molecular formula is C17H25O15P. The van der Waals surface area contributed by atoms with Gasteiger partial charge in [0.05, 0.1) is 0 Å². The van der Waals surface area contributed by atoms with Crippen LogP contribution in [0.5, 0.6) is 0 Å². The average molecular weight is 500 g/mol. The lowest BCUT2D eigenvalue weighted by Gasteiger charge is -2.45. The van der Waals surface area contributed by atoms with Crippen LogP contribution in [0.1, 0.15) is 34.6 Å². The first kappa shape index (κ1) is 28.5. The van der Waals surface area contributed by atoms with Gasteiger partial charge in [-0.1, -0.05) is 0 Å². The van der Waals surface area contributed by atoms with Crippen molar-refractivity contribution in [2.24, 2.45) is 0 Å². The summed E-state index contributed by atoms with van der Waals surface area (Å²) in [5.41, 5.74) is 0. The second-order valence-electron chi connectivity index (χ2n) is 6.74. The highest BCUT2D eigenvalue weighted by atomic mass is 31.2. The van der Waals surface area contributed by atoms with Gasteiger partial charge in [-0.2, -0.15) is 0 Å². The second-order valence-corrected chi connectivity index (χ2v) is 7.93. The van der Waals surface area contributed by atoms with Crippen LogP contribution in [0.4, 0.5) is 0 Å². The number of hydrogen-bond acceptors (Lipinski definition) is 13. The van der Waals surface area contributed by atoms with Crippen molar-refractivity contribution in [2.75, 3.05) is 6.61 Å². The van der Waals surface area contributed by atoms with Crippen LogP contribution in [-0.2, 0) is 61.5 Å². The Bertz CT molecular complexity index is 804. The van der Waals surface area contributed by atoms with E-state index in [0.717, 1.165) is 34.6 Å². The number of hydrogen-bond donors (Lipinski definition) is 2. The topological polar surface area (TPSA) is 207 Å². The van der Waals surface area contributed by atoms with Gasteiger partial charge in [0, 0.05) is 34.6 Å². The van der Waals surface area contributed by atoms with Crippen LogP contribution < -0.4 is 0 Å². The molecular weight excluding hydrogens is 475 g/mol. The van der Waals surface area contributed by atoms with E-state index in [2.05, 4.69) is 4.52 Å². The van der Waals surface area contributed by atoms with Crippen LogP contribution in [0.25, 0.3) is 0 Å². The predicted octanol–water partition coefficient (Wildman–Crippen LogP) is -0.889. The molecule has 1 aliphatic heterocycles. The van der Waals surface area contributed by atoms with Crippen molar-refractivity contribution >= 4 is 37.7 Å². The van der Waals surface area contributed by atoms with Gasteiger partial charge in [0.25, 0.3) is 0 Å². The first-order valence-electron chi connectivity index (χ1n) is 9.32. The van der Waals surface area contributed by atoms with Crippen molar-refractivity contribution in [3.05, 3.63) is 0 Å². The lowest BCUT2D eigenvalue weighted by molar-refractivity contribution is -0.302. The van der Waals surface area contributed by atoms with Crippen LogP contribution in [-0.4, -0.2) is 83.1 Å². The molecule has 0 radical (unpaired) electrons. The number of carbonyl (C=O) groups is 5. The van der Waals surface area contributed by atoms with Crippen LogP contribution in [0.15, 0.2) is 0 Å². The molecule has 0 aromatic rings. The number of phosphoric acid groups is 1. The molecule has 1 saturated heterocycles. The van der Waals surface area contributed by atoms with Crippen LogP contribution in [0.2, 0.25) is 0 Å². The molecule has 0 bridgehead atoms. The number of esters is 5. The minimum Gasteiger partial charge on any atom is -0.462 e. The fraction of sp³-hybridized carbons (Fsp3) is 0.706. The van der Waals surface area contributed by atoms with Crippen LogP contribution >= 0.6 is 7.82 Å². The summed E-state index contributed by atoms with van der Waals surface area (Å²) >= 11 is 0. The number of phosphoric ester groups is 1.